The van der Waals surface area contributed by atoms with Gasteiger partial charge in [0.2, 0.25) is 5.91 Å². The topological polar surface area (TPSA) is 50.4 Å². The van der Waals surface area contributed by atoms with E-state index in [4.69, 9.17) is 4.74 Å². The van der Waals surface area contributed by atoms with Gasteiger partial charge in [0.25, 0.3) is 0 Å². The van der Waals surface area contributed by atoms with E-state index in [-0.39, 0.29) is 17.9 Å². The van der Waals surface area contributed by atoms with Crippen molar-refractivity contribution in [2.24, 2.45) is 5.92 Å². The summed E-state index contributed by atoms with van der Waals surface area (Å²) in [5.74, 6) is 0.315. The third-order valence-electron chi connectivity index (χ3n) is 2.11. The first-order valence-electron chi connectivity index (χ1n) is 4.83. The van der Waals surface area contributed by atoms with Crippen molar-refractivity contribution in [3.8, 4) is 0 Å². The molecule has 1 amide bonds. The van der Waals surface area contributed by atoms with Gasteiger partial charge in [-0.3, -0.25) is 4.79 Å². The monoisotopic (exact) mass is 186 g/mol. The molecule has 0 aromatic carbocycles. The molecule has 13 heavy (non-hydrogen) atoms. The Bertz CT molecular complexity index is 169. The van der Waals surface area contributed by atoms with Gasteiger partial charge in [0.15, 0.2) is 0 Å². The molecule has 0 radical (unpaired) electrons. The van der Waals surface area contributed by atoms with Gasteiger partial charge in [-0.2, -0.15) is 0 Å². The predicted octanol–water partition coefficient (Wildman–Crippen LogP) is -0.253. The largest absolute Gasteiger partial charge is 0.380 e. The molecule has 1 atom stereocenters. The van der Waals surface area contributed by atoms with Gasteiger partial charge in [0.05, 0.1) is 12.5 Å². The number of hydrogen-bond acceptors (Lipinski definition) is 3. The first kappa shape index (κ1) is 10.5. The van der Waals surface area contributed by atoms with Gasteiger partial charge in [-0.05, 0) is 13.8 Å². The van der Waals surface area contributed by atoms with E-state index < -0.39 is 0 Å². The quantitative estimate of drug-likeness (QED) is 0.622. The Morgan fingerprint density at radius 2 is 2.38 bits per heavy atom. The lowest BCUT2D eigenvalue weighted by atomic mass is 10.0. The number of rotatable bonds is 5. The second kappa shape index (κ2) is 5.19. The molecule has 0 aliphatic carbocycles. The lowest BCUT2D eigenvalue weighted by Gasteiger charge is -2.27. The maximum atomic E-state index is 11.4. The van der Waals surface area contributed by atoms with E-state index in [1.165, 1.54) is 0 Å². The molecule has 76 valence electrons. The second-order valence-electron chi connectivity index (χ2n) is 3.42. The Labute approximate surface area is 79.0 Å². The molecule has 0 bridgehead atoms. The summed E-state index contributed by atoms with van der Waals surface area (Å²) in [6.07, 6.45) is 0. The summed E-state index contributed by atoms with van der Waals surface area (Å²) in [6.45, 7) is 6.83. The zero-order chi connectivity index (χ0) is 9.68. The van der Waals surface area contributed by atoms with Gasteiger partial charge in [-0.1, -0.05) is 0 Å². The Morgan fingerprint density at radius 1 is 1.69 bits per heavy atom. The highest BCUT2D eigenvalue weighted by atomic mass is 16.5. The van der Waals surface area contributed by atoms with E-state index >= 15 is 0 Å². The molecule has 1 fully saturated rings. The summed E-state index contributed by atoms with van der Waals surface area (Å²) in [6, 6.07) is 0.119. The molecule has 0 unspecified atom stereocenters. The minimum atomic E-state index is 0.119. The lowest BCUT2D eigenvalue weighted by Crippen LogP contribution is -2.52. The molecule has 2 N–H and O–H groups in total. The average Bonchev–Trinajstić information content (AvgIpc) is 1.97. The van der Waals surface area contributed by atoms with Gasteiger partial charge in [0, 0.05) is 25.7 Å². The van der Waals surface area contributed by atoms with E-state index in [9.17, 15) is 4.79 Å². The normalized spacial score (nSPS) is 19.2. The lowest BCUT2D eigenvalue weighted by molar-refractivity contribution is -0.127. The van der Waals surface area contributed by atoms with Crippen molar-refractivity contribution < 1.29 is 9.53 Å². The van der Waals surface area contributed by atoms with E-state index in [0.29, 0.717) is 13.2 Å². The number of ether oxygens (including phenoxy) is 1. The van der Waals surface area contributed by atoms with Crippen molar-refractivity contribution in [3.05, 3.63) is 0 Å². The van der Waals surface area contributed by atoms with Crippen molar-refractivity contribution in [1.82, 2.24) is 10.6 Å². The van der Waals surface area contributed by atoms with E-state index in [0.717, 1.165) is 13.1 Å². The number of hydrogen-bond donors (Lipinski definition) is 2. The summed E-state index contributed by atoms with van der Waals surface area (Å²) < 4.78 is 5.20. The van der Waals surface area contributed by atoms with E-state index in [1.807, 2.05) is 13.8 Å². The second-order valence-corrected chi connectivity index (χ2v) is 3.42. The third kappa shape index (κ3) is 3.32. The third-order valence-corrected chi connectivity index (χ3v) is 2.11. The van der Waals surface area contributed by atoms with Gasteiger partial charge in [-0.15, -0.1) is 0 Å². The fourth-order valence-corrected chi connectivity index (χ4v) is 1.17. The molecule has 0 saturated carbocycles. The molecule has 4 nitrogen and oxygen atoms in total. The van der Waals surface area contributed by atoms with Crippen molar-refractivity contribution >= 4 is 5.91 Å². The van der Waals surface area contributed by atoms with Crippen LogP contribution in [0.3, 0.4) is 0 Å². The van der Waals surface area contributed by atoms with Crippen molar-refractivity contribution in [1.29, 1.82) is 0 Å². The highest BCUT2D eigenvalue weighted by molar-refractivity contribution is 5.80. The maximum Gasteiger partial charge on any atom is 0.225 e. The zero-order valence-corrected chi connectivity index (χ0v) is 8.30. The maximum absolute atomic E-state index is 11.4. The number of nitrogens with one attached hydrogen (secondary N) is 2. The van der Waals surface area contributed by atoms with Crippen LogP contribution < -0.4 is 10.6 Å². The minimum Gasteiger partial charge on any atom is -0.380 e. The fourth-order valence-electron chi connectivity index (χ4n) is 1.17. The highest BCUT2D eigenvalue weighted by Crippen LogP contribution is 2.02. The van der Waals surface area contributed by atoms with Crippen LogP contribution in [0.15, 0.2) is 0 Å². The van der Waals surface area contributed by atoms with E-state index in [1.54, 1.807) is 0 Å². The molecular weight excluding hydrogens is 168 g/mol. The first-order chi connectivity index (χ1) is 6.24. The average molecular weight is 186 g/mol. The fraction of sp³-hybridized carbons (Fsp3) is 0.889. The molecule has 1 rings (SSSR count). The van der Waals surface area contributed by atoms with Crippen LogP contribution >= 0.6 is 0 Å². The standard InChI is InChI=1S/C9H18N2O2/c1-3-13-6-7(2)11-9(12)8-4-10-5-8/h7-8,10H,3-6H2,1-2H3,(H,11,12)/t7-/m1/s1. The SMILES string of the molecule is CCOC[C@@H](C)NC(=O)C1CNC1. The van der Waals surface area contributed by atoms with Crippen LogP contribution in [0.4, 0.5) is 0 Å². The summed E-state index contributed by atoms with van der Waals surface area (Å²) in [7, 11) is 0. The van der Waals surface area contributed by atoms with Crippen LogP contribution in [0.2, 0.25) is 0 Å². The molecule has 0 aromatic heterocycles. The first-order valence-corrected chi connectivity index (χ1v) is 4.83. The number of carbonyl (C=O) groups is 1. The van der Waals surface area contributed by atoms with Crippen molar-refractivity contribution in [2.45, 2.75) is 19.9 Å². The molecular formula is C9H18N2O2. The Balaban J connectivity index is 2.11. The number of carbonyl (C=O) groups excluding carboxylic acids is 1. The van der Waals surface area contributed by atoms with Gasteiger partial charge < -0.3 is 15.4 Å². The van der Waals surface area contributed by atoms with E-state index in [2.05, 4.69) is 10.6 Å². The van der Waals surface area contributed by atoms with Crippen LogP contribution in [0.5, 0.6) is 0 Å². The molecule has 4 heteroatoms. The summed E-state index contributed by atoms with van der Waals surface area (Å²) in [4.78, 5) is 11.4. The van der Waals surface area contributed by atoms with Crippen LogP contribution in [0.1, 0.15) is 13.8 Å². The molecule has 1 saturated heterocycles. The number of amides is 1. The predicted molar refractivity (Wildman–Crippen MR) is 50.5 cm³/mol. The van der Waals surface area contributed by atoms with Crippen molar-refractivity contribution in [3.63, 3.8) is 0 Å². The Morgan fingerprint density at radius 3 is 2.85 bits per heavy atom. The van der Waals surface area contributed by atoms with Gasteiger partial charge in [-0.25, -0.2) is 0 Å². The van der Waals surface area contributed by atoms with Crippen molar-refractivity contribution in [2.75, 3.05) is 26.3 Å². The summed E-state index contributed by atoms with van der Waals surface area (Å²) in [5.41, 5.74) is 0. The van der Waals surface area contributed by atoms with Crippen LogP contribution in [0, 0.1) is 5.92 Å². The van der Waals surface area contributed by atoms with Crippen LogP contribution in [-0.2, 0) is 9.53 Å². The highest BCUT2D eigenvalue weighted by Gasteiger charge is 2.25. The molecule has 0 spiro atoms. The summed E-state index contributed by atoms with van der Waals surface area (Å²) in [5, 5.41) is 5.98. The van der Waals surface area contributed by atoms with Gasteiger partial charge in [0.1, 0.15) is 0 Å². The van der Waals surface area contributed by atoms with Crippen LogP contribution in [0.25, 0.3) is 0 Å². The zero-order valence-electron chi connectivity index (χ0n) is 8.30. The van der Waals surface area contributed by atoms with Crippen LogP contribution in [-0.4, -0.2) is 38.3 Å². The minimum absolute atomic E-state index is 0.119. The Kier molecular flexibility index (Phi) is 4.18. The molecule has 0 aromatic rings. The molecule has 1 aliphatic rings. The molecule has 1 heterocycles. The van der Waals surface area contributed by atoms with Gasteiger partial charge >= 0.3 is 0 Å². The summed E-state index contributed by atoms with van der Waals surface area (Å²) >= 11 is 0. The smallest absolute Gasteiger partial charge is 0.225 e. The Hall–Kier alpha value is -0.610. The molecule has 1 aliphatic heterocycles.